The van der Waals surface area contributed by atoms with Gasteiger partial charge in [-0.1, -0.05) is 63.4 Å². The zero-order valence-corrected chi connectivity index (χ0v) is 27.8. The predicted octanol–water partition coefficient (Wildman–Crippen LogP) is 6.96. The maximum Gasteiger partial charge on any atom is 0.338 e. The number of nitrogens with one attached hydrogen (secondary N) is 2. The minimum atomic E-state index is -0.350. The Hall–Kier alpha value is -5.91. The number of benzene rings is 3. The van der Waals surface area contributed by atoms with E-state index in [-0.39, 0.29) is 11.9 Å². The zero-order valence-electron chi connectivity index (χ0n) is 27.8. The molecule has 0 unspecified atom stereocenters. The van der Waals surface area contributed by atoms with Gasteiger partial charge in [-0.3, -0.25) is 0 Å². The van der Waals surface area contributed by atoms with Crippen LogP contribution in [0, 0.1) is 0 Å². The van der Waals surface area contributed by atoms with Crippen LogP contribution in [0.2, 0.25) is 0 Å². The van der Waals surface area contributed by atoms with Crippen LogP contribution in [0.15, 0.2) is 109 Å². The Labute approximate surface area is 284 Å². The van der Waals surface area contributed by atoms with Crippen LogP contribution >= 0.6 is 0 Å². The van der Waals surface area contributed by atoms with Gasteiger partial charge in [0.25, 0.3) is 0 Å². The number of anilines is 2. The van der Waals surface area contributed by atoms with Crippen LogP contribution in [-0.2, 0) is 18.2 Å². The number of ether oxygens (including phenoxy) is 1. The molecule has 12 heteroatoms. The van der Waals surface area contributed by atoms with Crippen LogP contribution in [-0.4, -0.2) is 57.7 Å². The molecule has 0 atom stereocenters. The predicted molar refractivity (Wildman–Crippen MR) is 197 cm³/mol. The van der Waals surface area contributed by atoms with Gasteiger partial charge in [0.05, 0.1) is 12.2 Å². The second-order valence-corrected chi connectivity index (χ2v) is 12.0. The van der Waals surface area contributed by atoms with Crippen molar-refractivity contribution in [2.45, 2.75) is 52.4 Å². The van der Waals surface area contributed by atoms with Gasteiger partial charge in [-0.15, -0.1) is 0 Å². The maximum atomic E-state index is 12.4. The minimum Gasteiger partial charge on any atom is -0.462 e. The monoisotopic (exact) mass is 654 g/mol. The molecule has 0 bridgehead atoms. The molecule has 3 aliphatic rings. The van der Waals surface area contributed by atoms with Crippen molar-refractivity contribution < 1.29 is 9.53 Å². The first-order valence-corrected chi connectivity index (χ1v) is 16.8. The molecule has 248 valence electrons. The van der Waals surface area contributed by atoms with Crippen LogP contribution in [0.5, 0.6) is 0 Å². The second kappa shape index (κ2) is 14.1. The molecule has 0 saturated carbocycles. The molecule has 2 N–H and O–H groups in total. The van der Waals surface area contributed by atoms with Gasteiger partial charge >= 0.3 is 5.97 Å². The largest absolute Gasteiger partial charge is 0.462 e. The highest BCUT2D eigenvalue weighted by Gasteiger charge is 2.36. The topological polar surface area (TPSA) is 133 Å². The molecule has 0 spiro atoms. The number of hydrogen-bond donors (Lipinski definition) is 2. The van der Waals surface area contributed by atoms with Crippen molar-refractivity contribution in [3.8, 4) is 0 Å². The summed E-state index contributed by atoms with van der Waals surface area (Å²) in [6.07, 6.45) is 8.44. The number of para-hydroxylation sites is 1. The maximum absolute atomic E-state index is 12.4. The van der Waals surface area contributed by atoms with Crippen molar-refractivity contribution in [1.29, 1.82) is 0 Å². The molecule has 0 fully saturated rings. The van der Waals surface area contributed by atoms with Gasteiger partial charge < -0.3 is 19.9 Å². The Kier molecular flexibility index (Phi) is 9.09. The van der Waals surface area contributed by atoms with Crippen LogP contribution in [0.1, 0.15) is 67.4 Å². The lowest BCUT2D eigenvalue weighted by atomic mass is 10.1. The summed E-state index contributed by atoms with van der Waals surface area (Å²) in [6.45, 7) is 4.67. The summed E-state index contributed by atoms with van der Waals surface area (Å²) in [5, 5.41) is 7.60. The summed E-state index contributed by atoms with van der Waals surface area (Å²) in [5.41, 5.74) is 5.23. The highest BCUT2D eigenvalue weighted by atomic mass is 16.5. The van der Waals surface area contributed by atoms with Crippen molar-refractivity contribution in [3.63, 3.8) is 0 Å². The molecular weight excluding hydrogens is 616 g/mol. The second-order valence-electron chi connectivity index (χ2n) is 12.0. The van der Waals surface area contributed by atoms with E-state index in [9.17, 15) is 4.79 Å². The lowest BCUT2D eigenvalue weighted by molar-refractivity contribution is 0.0499. The van der Waals surface area contributed by atoms with Crippen LogP contribution in [0.4, 0.5) is 11.4 Å². The van der Waals surface area contributed by atoms with E-state index in [1.54, 1.807) is 29.2 Å². The summed E-state index contributed by atoms with van der Waals surface area (Å²) < 4.78 is 7.40. The molecule has 3 aromatic carbocycles. The van der Waals surface area contributed by atoms with E-state index < -0.39 is 0 Å². The minimum absolute atomic E-state index is 0.281. The normalized spacial score (nSPS) is 15.0. The average Bonchev–Trinajstić information content (AvgIpc) is 3.45. The van der Waals surface area contributed by atoms with Gasteiger partial charge in [-0.05, 0) is 67.3 Å². The highest BCUT2D eigenvalue weighted by molar-refractivity contribution is 6.33. The van der Waals surface area contributed by atoms with Crippen molar-refractivity contribution in [1.82, 2.24) is 9.47 Å². The first-order chi connectivity index (χ1) is 24.0. The number of rotatable bonds is 11. The summed E-state index contributed by atoms with van der Waals surface area (Å²) in [5.74, 6) is 1.76. The van der Waals surface area contributed by atoms with Gasteiger partial charge in [0.2, 0.25) is 29.8 Å². The van der Waals surface area contributed by atoms with Gasteiger partial charge in [0.1, 0.15) is 0 Å². The molecule has 0 aliphatic carbocycles. The fraction of sp³-hybridized carbons (Fsp3) is 0.270. The lowest BCUT2D eigenvalue weighted by Gasteiger charge is -2.30. The zero-order chi connectivity index (χ0) is 33.7. The summed E-state index contributed by atoms with van der Waals surface area (Å²) in [7, 11) is 2.00. The van der Waals surface area contributed by atoms with Crippen molar-refractivity contribution in [3.05, 3.63) is 95.7 Å². The third-order valence-corrected chi connectivity index (χ3v) is 8.36. The molecule has 0 saturated heterocycles. The van der Waals surface area contributed by atoms with Gasteiger partial charge in [0, 0.05) is 41.1 Å². The summed E-state index contributed by atoms with van der Waals surface area (Å²) in [4.78, 5) is 42.8. The third kappa shape index (κ3) is 6.89. The van der Waals surface area contributed by atoms with E-state index in [4.69, 9.17) is 34.7 Å². The molecule has 4 heterocycles. The third-order valence-electron chi connectivity index (χ3n) is 8.36. The number of hydrogen-bond acceptors (Lipinski definition) is 11. The first kappa shape index (κ1) is 31.7. The number of carbonyl (C=O) groups excluding carboxylic acids is 1. The number of carbonyl (C=O) groups is 1. The lowest BCUT2D eigenvalue weighted by Crippen LogP contribution is -2.49. The molecule has 49 heavy (non-hydrogen) atoms. The smallest absolute Gasteiger partial charge is 0.338 e. The van der Waals surface area contributed by atoms with E-state index in [1.165, 1.54) is 24.8 Å². The standard InChI is InChI=1S/C37H38N10O2/c1-4-6-8-11-24-14-18-26(19-15-24)38-33-42-35-40-31(29-23-46(3)30-13-10-9-12-28(29)30)41-36-43-34(45-37(44-33)47(35)36)39-27-20-16-25(17-21-27)32(48)49-22-7-5-2/h9-10,12-21,23H,4-8,11,22H2,1-3H3,(H2,38,39,40,41,42,43,44,45). The molecule has 3 aliphatic heterocycles. The SMILES string of the molecule is CCCCCc1ccc(NC2=NC3=NC(c4cn(C)c5ccccc45)=NC4=NC(Nc5ccc(C(=O)OCCCC)cc5)=NC(=N2)N43)cc1. The Morgan fingerprint density at radius 1 is 0.714 bits per heavy atom. The molecule has 0 amide bonds. The summed E-state index contributed by atoms with van der Waals surface area (Å²) in [6, 6.07) is 23.4. The number of aryl methyl sites for hydroxylation is 2. The fourth-order valence-electron chi connectivity index (χ4n) is 5.71. The number of aliphatic imine (C=N–C) groups is 6. The van der Waals surface area contributed by atoms with E-state index in [0.717, 1.165) is 41.4 Å². The Morgan fingerprint density at radius 2 is 1.35 bits per heavy atom. The van der Waals surface area contributed by atoms with E-state index in [0.29, 0.717) is 47.5 Å². The van der Waals surface area contributed by atoms with Crippen molar-refractivity contribution in [2.75, 3.05) is 17.2 Å². The number of esters is 1. The fourth-order valence-corrected chi connectivity index (χ4v) is 5.71. The van der Waals surface area contributed by atoms with Crippen molar-refractivity contribution >= 4 is 63.9 Å². The van der Waals surface area contributed by atoms with Crippen LogP contribution < -0.4 is 10.6 Å². The number of unbranched alkanes of at least 4 members (excludes halogenated alkanes) is 3. The Bertz CT molecular complexity index is 2070. The first-order valence-electron chi connectivity index (χ1n) is 16.8. The molecule has 4 aromatic rings. The number of nitrogens with zero attached hydrogens (tertiary/aromatic N) is 8. The number of guanidine groups is 5. The molecule has 7 rings (SSSR count). The van der Waals surface area contributed by atoms with E-state index in [1.807, 2.05) is 37.5 Å². The Morgan fingerprint density at radius 3 is 2.04 bits per heavy atom. The van der Waals surface area contributed by atoms with E-state index >= 15 is 0 Å². The van der Waals surface area contributed by atoms with Crippen molar-refractivity contribution in [2.24, 2.45) is 37.0 Å². The highest BCUT2D eigenvalue weighted by Crippen LogP contribution is 2.26. The van der Waals surface area contributed by atoms with Crippen LogP contribution in [0.3, 0.4) is 0 Å². The molecule has 0 radical (unpaired) electrons. The summed E-state index contributed by atoms with van der Waals surface area (Å²) >= 11 is 0. The van der Waals surface area contributed by atoms with Gasteiger partial charge in [-0.25, -0.2) is 9.69 Å². The van der Waals surface area contributed by atoms with Crippen LogP contribution in [0.25, 0.3) is 10.9 Å². The molecule has 12 nitrogen and oxygen atoms in total. The van der Waals surface area contributed by atoms with Gasteiger partial charge in [-0.2, -0.15) is 30.0 Å². The molecular formula is C37H38N10O2. The average molecular weight is 655 g/mol. The molecule has 1 aromatic heterocycles. The number of amidine groups is 1. The quantitative estimate of drug-likeness (QED) is 0.133. The Balaban J connectivity index is 1.20. The number of aromatic nitrogens is 1. The number of fused-ring (bicyclic) bond motifs is 1. The van der Waals surface area contributed by atoms with E-state index in [2.05, 4.69) is 53.3 Å². The van der Waals surface area contributed by atoms with Gasteiger partial charge in [0.15, 0.2) is 5.84 Å².